The van der Waals surface area contributed by atoms with E-state index in [1.807, 2.05) is 19.1 Å². The molecule has 31 heavy (non-hydrogen) atoms. The molecule has 1 aromatic carbocycles. The molecule has 5 nitrogen and oxygen atoms in total. The van der Waals surface area contributed by atoms with Gasteiger partial charge in [0.15, 0.2) is 11.5 Å². The zero-order chi connectivity index (χ0) is 22.5. The molecule has 0 spiro atoms. The van der Waals surface area contributed by atoms with E-state index in [1.54, 1.807) is 27.4 Å². The van der Waals surface area contributed by atoms with Gasteiger partial charge in [0.25, 0.3) is 5.91 Å². The second-order valence-electron chi connectivity index (χ2n) is 8.12. The Balaban J connectivity index is 2.34. The Labute approximate surface area is 187 Å². The molecular formula is C26H39NO4. The Hall–Kier alpha value is -2.43. The van der Waals surface area contributed by atoms with Crippen LogP contribution < -0.4 is 19.5 Å². The van der Waals surface area contributed by atoms with E-state index in [-0.39, 0.29) is 5.91 Å². The van der Waals surface area contributed by atoms with Crippen molar-refractivity contribution in [3.8, 4) is 17.2 Å². The first-order valence-corrected chi connectivity index (χ1v) is 11.6. The fourth-order valence-corrected chi connectivity index (χ4v) is 4.01. The van der Waals surface area contributed by atoms with Gasteiger partial charge in [-0.1, -0.05) is 63.2 Å². The molecule has 0 radical (unpaired) electrons. The normalized spacial score (nSPS) is 20.0. The summed E-state index contributed by atoms with van der Waals surface area (Å²) >= 11 is 0. The molecule has 1 aliphatic rings. The molecule has 0 unspecified atom stereocenters. The molecule has 1 heterocycles. The molecule has 1 N–H and O–H groups in total. The van der Waals surface area contributed by atoms with Crippen molar-refractivity contribution >= 4 is 11.6 Å². The second kappa shape index (κ2) is 13.8. The summed E-state index contributed by atoms with van der Waals surface area (Å²) in [5.41, 5.74) is 2.19. The molecule has 5 heteroatoms. The minimum Gasteiger partial charge on any atom is -0.494 e. The summed E-state index contributed by atoms with van der Waals surface area (Å²) in [5, 5.41) is 3.00. The van der Waals surface area contributed by atoms with Gasteiger partial charge in [0.2, 0.25) is 0 Å². The maximum atomic E-state index is 12.8. The van der Waals surface area contributed by atoms with Gasteiger partial charge < -0.3 is 19.5 Å². The summed E-state index contributed by atoms with van der Waals surface area (Å²) in [5.74, 6) is 1.76. The topological polar surface area (TPSA) is 56.8 Å². The third kappa shape index (κ3) is 7.64. The number of hydrogen-bond acceptors (Lipinski definition) is 4. The van der Waals surface area contributed by atoms with E-state index in [1.165, 1.54) is 44.9 Å². The highest BCUT2D eigenvalue weighted by Crippen LogP contribution is 2.44. The van der Waals surface area contributed by atoms with E-state index in [9.17, 15) is 4.79 Å². The van der Waals surface area contributed by atoms with E-state index in [0.29, 0.717) is 28.5 Å². The predicted molar refractivity (Wildman–Crippen MR) is 127 cm³/mol. The highest BCUT2D eigenvalue weighted by atomic mass is 16.5. The number of carbonyl (C=O) groups is 1. The average Bonchev–Trinajstić information content (AvgIpc) is 2.77. The van der Waals surface area contributed by atoms with Gasteiger partial charge in [0.1, 0.15) is 5.75 Å². The Morgan fingerprint density at radius 2 is 1.42 bits per heavy atom. The zero-order valence-corrected chi connectivity index (χ0v) is 19.7. The Morgan fingerprint density at radius 1 is 0.806 bits per heavy atom. The number of hydrogen-bond donors (Lipinski definition) is 1. The molecule has 172 valence electrons. The van der Waals surface area contributed by atoms with Crippen molar-refractivity contribution in [3.05, 3.63) is 35.4 Å². The predicted octanol–water partition coefficient (Wildman–Crippen LogP) is 6.61. The quantitative estimate of drug-likeness (QED) is 0.587. The van der Waals surface area contributed by atoms with E-state index in [2.05, 4.69) is 11.4 Å². The number of amides is 1. The summed E-state index contributed by atoms with van der Waals surface area (Å²) in [6, 6.07) is 1.77. The molecule has 0 fully saturated rings. The Bertz CT molecular complexity index is 767. The second-order valence-corrected chi connectivity index (χ2v) is 8.12. The molecule has 0 aromatic heterocycles. The number of anilines is 1. The number of benzene rings is 1. The molecule has 1 aliphatic heterocycles. The van der Waals surface area contributed by atoms with E-state index >= 15 is 0 Å². The molecule has 0 atom stereocenters. The smallest absolute Gasteiger partial charge is 0.251 e. The SMILES string of the molecule is COc1cc2c(OC)c(c1OC)CCCCCCCCCCC/C=C\C=C(/C)C(=O)N2. The van der Waals surface area contributed by atoms with Gasteiger partial charge in [-0.25, -0.2) is 0 Å². The monoisotopic (exact) mass is 429 g/mol. The first-order chi connectivity index (χ1) is 15.1. The van der Waals surface area contributed by atoms with Gasteiger partial charge in [-0.2, -0.15) is 0 Å². The van der Waals surface area contributed by atoms with Crippen LogP contribution in [0.15, 0.2) is 29.9 Å². The maximum Gasteiger partial charge on any atom is 0.251 e. The molecule has 1 aromatic rings. The molecule has 0 saturated heterocycles. The van der Waals surface area contributed by atoms with Gasteiger partial charge in [0, 0.05) is 17.2 Å². The summed E-state index contributed by atoms with van der Waals surface area (Å²) in [7, 11) is 4.88. The number of methoxy groups -OCH3 is 3. The van der Waals surface area contributed by atoms with Crippen molar-refractivity contribution in [2.24, 2.45) is 0 Å². The van der Waals surface area contributed by atoms with Crippen LogP contribution >= 0.6 is 0 Å². The van der Waals surface area contributed by atoms with E-state index < -0.39 is 0 Å². The average molecular weight is 430 g/mol. The van der Waals surface area contributed by atoms with E-state index in [0.717, 1.165) is 31.2 Å². The Morgan fingerprint density at radius 3 is 2.03 bits per heavy atom. The van der Waals surface area contributed by atoms with Crippen molar-refractivity contribution in [1.82, 2.24) is 0 Å². The standard InChI is InChI=1S/C26H39NO4/c1-20-17-15-13-11-9-7-5-6-8-10-12-14-16-18-21-24(30-3)22(27-26(20)28)19-23(29-2)25(21)31-4/h13,15,17,19H,5-12,14,16,18H2,1-4H3,(H,27,28)/b15-13-,20-17+. The zero-order valence-electron chi connectivity index (χ0n) is 19.7. The maximum absolute atomic E-state index is 12.8. The number of allylic oxidation sites excluding steroid dienone is 3. The largest absolute Gasteiger partial charge is 0.494 e. The third-order valence-electron chi connectivity index (χ3n) is 5.81. The minimum atomic E-state index is -0.157. The molecule has 2 bridgehead atoms. The lowest BCUT2D eigenvalue weighted by molar-refractivity contribution is -0.112. The fraction of sp³-hybridized carbons (Fsp3) is 0.577. The summed E-state index contributed by atoms with van der Waals surface area (Å²) < 4.78 is 17.0. The molecule has 0 saturated carbocycles. The number of nitrogens with one attached hydrogen (secondary N) is 1. The van der Waals surface area contributed by atoms with Crippen LogP contribution in [0.2, 0.25) is 0 Å². The van der Waals surface area contributed by atoms with Crippen molar-refractivity contribution in [2.75, 3.05) is 26.6 Å². The molecule has 1 amide bonds. The van der Waals surface area contributed by atoms with Crippen molar-refractivity contribution in [1.29, 1.82) is 0 Å². The summed E-state index contributed by atoms with van der Waals surface area (Å²) in [4.78, 5) is 12.8. The molecule has 0 aliphatic carbocycles. The van der Waals surface area contributed by atoms with Crippen LogP contribution in [0, 0.1) is 0 Å². The highest BCUT2D eigenvalue weighted by Gasteiger charge is 2.21. The van der Waals surface area contributed by atoms with E-state index in [4.69, 9.17) is 14.2 Å². The highest BCUT2D eigenvalue weighted by molar-refractivity contribution is 6.04. The number of rotatable bonds is 3. The fourth-order valence-electron chi connectivity index (χ4n) is 4.01. The summed E-state index contributed by atoms with van der Waals surface area (Å²) in [6.45, 7) is 1.82. The lowest BCUT2D eigenvalue weighted by Gasteiger charge is -2.20. The first-order valence-electron chi connectivity index (χ1n) is 11.6. The van der Waals surface area contributed by atoms with Crippen LogP contribution in [0.3, 0.4) is 0 Å². The van der Waals surface area contributed by atoms with Crippen molar-refractivity contribution < 1.29 is 19.0 Å². The van der Waals surface area contributed by atoms with Gasteiger partial charge >= 0.3 is 0 Å². The van der Waals surface area contributed by atoms with Crippen molar-refractivity contribution in [2.45, 2.75) is 77.6 Å². The summed E-state index contributed by atoms with van der Waals surface area (Å²) in [6.07, 6.45) is 19.0. The van der Waals surface area contributed by atoms with Gasteiger partial charge in [-0.05, 0) is 32.6 Å². The lowest BCUT2D eigenvalue weighted by atomic mass is 10.0. The van der Waals surface area contributed by atoms with Crippen LogP contribution in [0.25, 0.3) is 0 Å². The van der Waals surface area contributed by atoms with Gasteiger partial charge in [-0.15, -0.1) is 0 Å². The van der Waals surface area contributed by atoms with Crippen LogP contribution in [0.4, 0.5) is 5.69 Å². The number of carbonyl (C=O) groups excluding carboxylic acids is 1. The van der Waals surface area contributed by atoms with Crippen LogP contribution in [0.5, 0.6) is 17.2 Å². The van der Waals surface area contributed by atoms with Gasteiger partial charge in [-0.3, -0.25) is 4.79 Å². The Kier molecular flexibility index (Phi) is 11.0. The number of fused-ring (bicyclic) bond motifs is 2. The van der Waals surface area contributed by atoms with Crippen LogP contribution in [-0.4, -0.2) is 27.2 Å². The minimum absolute atomic E-state index is 0.157. The lowest BCUT2D eigenvalue weighted by Crippen LogP contribution is -2.14. The first kappa shape index (κ1) is 24.8. The number of ether oxygens (including phenoxy) is 3. The third-order valence-corrected chi connectivity index (χ3v) is 5.81. The molecule has 2 rings (SSSR count). The van der Waals surface area contributed by atoms with Crippen LogP contribution in [0.1, 0.15) is 76.7 Å². The van der Waals surface area contributed by atoms with Crippen LogP contribution in [-0.2, 0) is 11.2 Å². The van der Waals surface area contributed by atoms with Gasteiger partial charge in [0.05, 0.1) is 27.0 Å². The van der Waals surface area contributed by atoms with Crippen molar-refractivity contribution in [3.63, 3.8) is 0 Å². The molecular weight excluding hydrogens is 390 g/mol.